The van der Waals surface area contributed by atoms with Crippen molar-refractivity contribution in [2.24, 2.45) is 5.92 Å². The van der Waals surface area contributed by atoms with Gasteiger partial charge >= 0.3 is 0 Å². The van der Waals surface area contributed by atoms with Crippen molar-refractivity contribution in [2.45, 2.75) is 64.7 Å². The average molecular weight is 454 g/mol. The summed E-state index contributed by atoms with van der Waals surface area (Å²) in [5.41, 5.74) is 2.12. The van der Waals surface area contributed by atoms with Gasteiger partial charge in [0.15, 0.2) is 0 Å². The van der Waals surface area contributed by atoms with Gasteiger partial charge in [0.05, 0.1) is 18.8 Å². The van der Waals surface area contributed by atoms with E-state index >= 15 is 0 Å². The Kier molecular flexibility index (Phi) is 7.65. The van der Waals surface area contributed by atoms with Crippen molar-refractivity contribution >= 4 is 23.2 Å². The molecule has 0 unspecified atom stereocenters. The molecule has 0 bridgehead atoms. The summed E-state index contributed by atoms with van der Waals surface area (Å²) in [5, 5.41) is 6.28. The smallest absolute Gasteiger partial charge is 0.230 e. The molecule has 1 saturated carbocycles. The van der Waals surface area contributed by atoms with Crippen molar-refractivity contribution in [1.29, 1.82) is 0 Å². The number of rotatable bonds is 7. The molecule has 2 aliphatic rings. The summed E-state index contributed by atoms with van der Waals surface area (Å²) in [5.74, 6) is 1.63. The maximum atomic E-state index is 11.2. The number of hydrogen-bond donors (Lipinski definition) is 2. The molecule has 2 heterocycles. The van der Waals surface area contributed by atoms with E-state index in [0.29, 0.717) is 30.4 Å². The van der Waals surface area contributed by atoms with Crippen molar-refractivity contribution < 1.29 is 14.3 Å². The van der Waals surface area contributed by atoms with Gasteiger partial charge in [-0.05, 0) is 69.7 Å². The van der Waals surface area contributed by atoms with Crippen molar-refractivity contribution in [3.8, 4) is 5.88 Å². The van der Waals surface area contributed by atoms with Crippen LogP contribution in [0.5, 0.6) is 5.88 Å². The van der Waals surface area contributed by atoms with Gasteiger partial charge in [0.1, 0.15) is 0 Å². The van der Waals surface area contributed by atoms with E-state index in [1.807, 2.05) is 12.1 Å². The molecule has 1 aromatic carbocycles. The van der Waals surface area contributed by atoms with Crippen LogP contribution in [-0.2, 0) is 9.53 Å². The second kappa shape index (κ2) is 10.8. The molecule has 0 spiro atoms. The van der Waals surface area contributed by atoms with Gasteiger partial charge in [-0.3, -0.25) is 4.79 Å². The number of nitrogens with zero attached hydrogens (tertiary/aromatic N) is 3. The summed E-state index contributed by atoms with van der Waals surface area (Å²) >= 11 is 0. The summed E-state index contributed by atoms with van der Waals surface area (Å²) in [6.07, 6.45) is 6.28. The fourth-order valence-corrected chi connectivity index (χ4v) is 4.72. The summed E-state index contributed by atoms with van der Waals surface area (Å²) < 4.78 is 11.8. The minimum Gasteiger partial charge on any atom is -0.477 e. The van der Waals surface area contributed by atoms with Crippen LogP contribution in [0.25, 0.3) is 0 Å². The summed E-state index contributed by atoms with van der Waals surface area (Å²) in [6.45, 7) is 8.23. The SMILES string of the molecule is CC(=O)NC1CCC(COc2ccnc(Nc3ccc(N4C[C@@H](C)O[C@@H](C)C4)cc3)n2)CC1. The van der Waals surface area contributed by atoms with Crippen LogP contribution in [0, 0.1) is 5.92 Å². The average Bonchev–Trinajstić information content (AvgIpc) is 2.78. The number of carbonyl (C=O) groups is 1. The van der Waals surface area contributed by atoms with Crippen LogP contribution >= 0.6 is 0 Å². The van der Waals surface area contributed by atoms with Crippen LogP contribution < -0.4 is 20.3 Å². The molecule has 2 N–H and O–H groups in total. The summed E-state index contributed by atoms with van der Waals surface area (Å²) in [4.78, 5) is 22.4. The first-order valence-electron chi connectivity index (χ1n) is 11.9. The summed E-state index contributed by atoms with van der Waals surface area (Å²) in [6, 6.07) is 10.4. The van der Waals surface area contributed by atoms with Gasteiger partial charge in [-0.15, -0.1) is 0 Å². The third-order valence-corrected chi connectivity index (χ3v) is 6.26. The van der Waals surface area contributed by atoms with Crippen LogP contribution in [-0.4, -0.2) is 53.8 Å². The molecule has 4 rings (SSSR count). The fourth-order valence-electron chi connectivity index (χ4n) is 4.72. The molecule has 33 heavy (non-hydrogen) atoms. The molecular weight excluding hydrogens is 418 g/mol. The van der Waals surface area contributed by atoms with Crippen molar-refractivity contribution in [1.82, 2.24) is 15.3 Å². The van der Waals surface area contributed by atoms with E-state index in [4.69, 9.17) is 9.47 Å². The lowest BCUT2D eigenvalue weighted by Crippen LogP contribution is -2.45. The minimum atomic E-state index is 0.0515. The Morgan fingerprint density at radius 1 is 1.09 bits per heavy atom. The van der Waals surface area contributed by atoms with E-state index in [2.05, 4.69) is 51.5 Å². The predicted octanol–water partition coefficient (Wildman–Crippen LogP) is 3.91. The second-order valence-corrected chi connectivity index (χ2v) is 9.28. The fraction of sp³-hybridized carbons (Fsp3) is 0.560. The molecule has 2 atom stereocenters. The van der Waals surface area contributed by atoms with Gasteiger partial charge in [-0.2, -0.15) is 4.98 Å². The Morgan fingerprint density at radius 3 is 2.45 bits per heavy atom. The van der Waals surface area contributed by atoms with Gasteiger partial charge in [-0.1, -0.05) is 0 Å². The number of morpholine rings is 1. The molecule has 8 nitrogen and oxygen atoms in total. The zero-order valence-electron chi connectivity index (χ0n) is 19.8. The minimum absolute atomic E-state index is 0.0515. The number of ether oxygens (including phenoxy) is 2. The van der Waals surface area contributed by atoms with E-state index in [9.17, 15) is 4.79 Å². The molecule has 1 amide bonds. The van der Waals surface area contributed by atoms with E-state index in [0.717, 1.165) is 44.5 Å². The van der Waals surface area contributed by atoms with E-state index in [1.165, 1.54) is 5.69 Å². The Bertz CT molecular complexity index is 905. The highest BCUT2D eigenvalue weighted by molar-refractivity contribution is 5.73. The maximum absolute atomic E-state index is 11.2. The van der Waals surface area contributed by atoms with E-state index in [-0.39, 0.29) is 18.1 Å². The topological polar surface area (TPSA) is 88.6 Å². The van der Waals surface area contributed by atoms with Crippen molar-refractivity contribution in [3.63, 3.8) is 0 Å². The molecule has 8 heteroatoms. The Morgan fingerprint density at radius 2 is 1.79 bits per heavy atom. The van der Waals surface area contributed by atoms with E-state index in [1.54, 1.807) is 19.2 Å². The molecular formula is C25H35N5O3. The molecule has 1 aliphatic carbocycles. The first kappa shape index (κ1) is 23.3. The number of benzene rings is 1. The molecule has 1 saturated heterocycles. The van der Waals surface area contributed by atoms with Crippen LogP contribution in [0.4, 0.5) is 17.3 Å². The normalized spacial score (nSPS) is 25.4. The second-order valence-electron chi connectivity index (χ2n) is 9.28. The van der Waals surface area contributed by atoms with Crippen molar-refractivity contribution in [2.75, 3.05) is 29.9 Å². The molecule has 1 aliphatic heterocycles. The van der Waals surface area contributed by atoms with Gasteiger partial charge in [-0.25, -0.2) is 4.98 Å². The quantitative estimate of drug-likeness (QED) is 0.657. The van der Waals surface area contributed by atoms with Gasteiger partial charge in [0.2, 0.25) is 17.7 Å². The number of carbonyl (C=O) groups excluding carboxylic acids is 1. The first-order valence-corrected chi connectivity index (χ1v) is 11.9. The predicted molar refractivity (Wildman–Crippen MR) is 129 cm³/mol. The summed E-state index contributed by atoms with van der Waals surface area (Å²) in [7, 11) is 0. The third kappa shape index (κ3) is 6.81. The zero-order valence-corrected chi connectivity index (χ0v) is 19.8. The van der Waals surface area contributed by atoms with Crippen LogP contribution in [0.3, 0.4) is 0 Å². The van der Waals surface area contributed by atoms with Gasteiger partial charge in [0, 0.05) is 49.7 Å². The Hall–Kier alpha value is -2.87. The zero-order chi connectivity index (χ0) is 23.2. The standard InChI is InChI=1S/C25H35N5O3/c1-17-14-30(15-18(2)33-17)23-10-8-22(9-11-23)28-25-26-13-12-24(29-25)32-16-20-4-6-21(7-5-20)27-19(3)31/h8-13,17-18,20-21H,4-7,14-16H2,1-3H3,(H,27,31)(H,26,28,29)/t17-,18+,20?,21?. The highest BCUT2D eigenvalue weighted by Gasteiger charge is 2.23. The van der Waals surface area contributed by atoms with Crippen LogP contribution in [0.15, 0.2) is 36.5 Å². The lowest BCUT2D eigenvalue weighted by Gasteiger charge is -2.36. The Balaban J connectivity index is 1.27. The first-order chi connectivity index (χ1) is 15.9. The number of anilines is 3. The Labute approximate surface area is 196 Å². The molecule has 0 radical (unpaired) electrons. The van der Waals surface area contributed by atoms with Crippen LogP contribution in [0.1, 0.15) is 46.5 Å². The number of nitrogens with one attached hydrogen (secondary N) is 2. The highest BCUT2D eigenvalue weighted by atomic mass is 16.5. The van der Waals surface area contributed by atoms with Gasteiger partial charge < -0.3 is 25.0 Å². The lowest BCUT2D eigenvalue weighted by molar-refractivity contribution is -0.119. The monoisotopic (exact) mass is 453 g/mol. The highest BCUT2D eigenvalue weighted by Crippen LogP contribution is 2.26. The number of hydrogen-bond acceptors (Lipinski definition) is 7. The lowest BCUT2D eigenvalue weighted by atomic mass is 9.86. The molecule has 1 aromatic heterocycles. The largest absolute Gasteiger partial charge is 0.477 e. The maximum Gasteiger partial charge on any atom is 0.230 e. The van der Waals surface area contributed by atoms with Gasteiger partial charge in [0.25, 0.3) is 0 Å². The third-order valence-electron chi connectivity index (χ3n) is 6.26. The molecule has 2 fully saturated rings. The molecule has 178 valence electrons. The van der Waals surface area contributed by atoms with Crippen LogP contribution in [0.2, 0.25) is 0 Å². The number of amides is 1. The number of aromatic nitrogens is 2. The van der Waals surface area contributed by atoms with Crippen molar-refractivity contribution in [3.05, 3.63) is 36.5 Å². The molecule has 2 aromatic rings. The van der Waals surface area contributed by atoms with E-state index < -0.39 is 0 Å².